The average molecular weight is 312 g/mol. The lowest BCUT2D eigenvalue weighted by Crippen LogP contribution is -2.28. The third-order valence-corrected chi connectivity index (χ3v) is 3.26. The third kappa shape index (κ3) is 5.47. The van der Waals surface area contributed by atoms with Crippen molar-refractivity contribution in [3.63, 3.8) is 0 Å². The molecule has 0 aromatic heterocycles. The van der Waals surface area contributed by atoms with Gasteiger partial charge in [0.15, 0.2) is 0 Å². The Bertz CT molecular complexity index is 656. The SMILES string of the molecule is COc1ccccc1NC(=O)CCNC(=O)Cc1ccccc1. The number of amides is 2. The van der Waals surface area contributed by atoms with Gasteiger partial charge in [0.05, 0.1) is 19.2 Å². The number of hydrogen-bond acceptors (Lipinski definition) is 3. The molecule has 0 fully saturated rings. The smallest absolute Gasteiger partial charge is 0.226 e. The Kier molecular flexibility index (Phi) is 6.17. The maximum Gasteiger partial charge on any atom is 0.226 e. The summed E-state index contributed by atoms with van der Waals surface area (Å²) in [7, 11) is 1.55. The van der Waals surface area contributed by atoms with Crippen LogP contribution in [0.2, 0.25) is 0 Å². The van der Waals surface area contributed by atoms with Crippen LogP contribution < -0.4 is 15.4 Å². The summed E-state index contributed by atoms with van der Waals surface area (Å²) in [4.78, 5) is 23.7. The van der Waals surface area contributed by atoms with Crippen LogP contribution in [-0.4, -0.2) is 25.5 Å². The minimum absolute atomic E-state index is 0.0960. The summed E-state index contributed by atoms with van der Waals surface area (Å²) in [6, 6.07) is 16.7. The predicted molar refractivity (Wildman–Crippen MR) is 89.4 cm³/mol. The van der Waals surface area contributed by atoms with Gasteiger partial charge in [-0.25, -0.2) is 0 Å². The van der Waals surface area contributed by atoms with Crippen LogP contribution in [0, 0.1) is 0 Å². The van der Waals surface area contributed by atoms with E-state index in [4.69, 9.17) is 4.74 Å². The van der Waals surface area contributed by atoms with Crippen molar-refractivity contribution in [1.82, 2.24) is 5.32 Å². The lowest BCUT2D eigenvalue weighted by atomic mass is 10.1. The van der Waals surface area contributed by atoms with E-state index >= 15 is 0 Å². The quantitative estimate of drug-likeness (QED) is 0.825. The Hall–Kier alpha value is -2.82. The second-order valence-electron chi connectivity index (χ2n) is 5.01. The molecule has 0 saturated heterocycles. The predicted octanol–water partition coefficient (Wildman–Crippen LogP) is 2.38. The van der Waals surface area contributed by atoms with Crippen LogP contribution in [0.15, 0.2) is 54.6 Å². The van der Waals surface area contributed by atoms with Crippen LogP contribution >= 0.6 is 0 Å². The van der Waals surface area contributed by atoms with Crippen LogP contribution in [0.4, 0.5) is 5.69 Å². The molecule has 0 spiro atoms. The van der Waals surface area contributed by atoms with Gasteiger partial charge in [-0.1, -0.05) is 42.5 Å². The Balaban J connectivity index is 1.73. The fourth-order valence-electron chi connectivity index (χ4n) is 2.12. The molecule has 0 aliphatic rings. The van der Waals surface area contributed by atoms with Crippen molar-refractivity contribution in [3.05, 3.63) is 60.2 Å². The highest BCUT2D eigenvalue weighted by molar-refractivity contribution is 5.92. The van der Waals surface area contributed by atoms with E-state index in [1.54, 1.807) is 19.2 Å². The van der Waals surface area contributed by atoms with E-state index in [0.717, 1.165) is 5.56 Å². The Morgan fingerprint density at radius 2 is 1.65 bits per heavy atom. The van der Waals surface area contributed by atoms with Crippen molar-refractivity contribution in [2.45, 2.75) is 12.8 Å². The topological polar surface area (TPSA) is 67.4 Å². The molecule has 23 heavy (non-hydrogen) atoms. The zero-order valence-electron chi connectivity index (χ0n) is 13.0. The van der Waals surface area contributed by atoms with Crippen molar-refractivity contribution < 1.29 is 14.3 Å². The highest BCUT2D eigenvalue weighted by atomic mass is 16.5. The molecule has 5 nitrogen and oxygen atoms in total. The molecule has 0 heterocycles. The molecule has 0 aliphatic carbocycles. The number of benzene rings is 2. The Labute approximate surface area is 135 Å². The summed E-state index contributed by atoms with van der Waals surface area (Å²) in [5, 5.41) is 5.52. The van der Waals surface area contributed by atoms with Gasteiger partial charge in [0.25, 0.3) is 0 Å². The minimum atomic E-state index is -0.172. The van der Waals surface area contributed by atoms with Gasteiger partial charge in [-0.2, -0.15) is 0 Å². The second kappa shape index (κ2) is 8.58. The van der Waals surface area contributed by atoms with Crippen LogP contribution in [-0.2, 0) is 16.0 Å². The number of hydrogen-bond donors (Lipinski definition) is 2. The molecule has 0 atom stereocenters. The van der Waals surface area contributed by atoms with Gasteiger partial charge in [0, 0.05) is 13.0 Å². The summed E-state index contributed by atoms with van der Waals surface area (Å²) in [6.07, 6.45) is 0.521. The van der Waals surface area contributed by atoms with E-state index in [0.29, 0.717) is 24.4 Å². The first-order valence-corrected chi connectivity index (χ1v) is 7.42. The number of carbonyl (C=O) groups excluding carboxylic acids is 2. The standard InChI is InChI=1S/C18H20N2O3/c1-23-16-10-6-5-9-15(16)20-17(21)11-12-19-18(22)13-14-7-3-2-4-8-14/h2-10H,11-13H2,1H3,(H,19,22)(H,20,21). The summed E-state index contributed by atoms with van der Waals surface area (Å²) < 4.78 is 5.17. The molecule has 0 radical (unpaired) electrons. The number of methoxy groups -OCH3 is 1. The van der Waals surface area contributed by atoms with E-state index in [-0.39, 0.29) is 18.2 Å². The summed E-state index contributed by atoms with van der Waals surface area (Å²) in [6.45, 7) is 0.298. The minimum Gasteiger partial charge on any atom is -0.495 e. The van der Waals surface area contributed by atoms with Crippen molar-refractivity contribution >= 4 is 17.5 Å². The normalized spacial score (nSPS) is 9.96. The molecular formula is C18H20N2O3. The summed E-state index contributed by atoms with van der Waals surface area (Å²) >= 11 is 0. The maximum absolute atomic E-state index is 11.9. The summed E-state index contributed by atoms with van der Waals surface area (Å²) in [5.74, 6) is 0.338. The van der Waals surface area contributed by atoms with Gasteiger partial charge in [-0.15, -0.1) is 0 Å². The van der Waals surface area contributed by atoms with Gasteiger partial charge >= 0.3 is 0 Å². The molecule has 2 amide bonds. The maximum atomic E-state index is 11.9. The average Bonchev–Trinajstić information content (AvgIpc) is 2.56. The molecule has 5 heteroatoms. The van der Waals surface area contributed by atoms with Gasteiger partial charge in [-0.05, 0) is 17.7 Å². The zero-order valence-corrected chi connectivity index (χ0v) is 13.0. The van der Waals surface area contributed by atoms with E-state index in [9.17, 15) is 9.59 Å². The molecule has 0 bridgehead atoms. The lowest BCUT2D eigenvalue weighted by molar-refractivity contribution is -0.120. The van der Waals surface area contributed by atoms with Crippen LogP contribution in [0.25, 0.3) is 0 Å². The fourth-order valence-corrected chi connectivity index (χ4v) is 2.12. The fraction of sp³-hybridized carbons (Fsp3) is 0.222. The first-order chi connectivity index (χ1) is 11.2. The van der Waals surface area contributed by atoms with E-state index < -0.39 is 0 Å². The number of nitrogens with one attached hydrogen (secondary N) is 2. The third-order valence-electron chi connectivity index (χ3n) is 3.26. The molecular weight excluding hydrogens is 292 g/mol. The monoisotopic (exact) mass is 312 g/mol. The zero-order chi connectivity index (χ0) is 16.5. The molecule has 2 rings (SSSR count). The van der Waals surface area contributed by atoms with E-state index in [2.05, 4.69) is 10.6 Å². The number of para-hydroxylation sites is 2. The van der Waals surface area contributed by atoms with E-state index in [1.807, 2.05) is 42.5 Å². The molecule has 0 aliphatic heterocycles. The second-order valence-corrected chi connectivity index (χ2v) is 5.01. The van der Waals surface area contributed by atoms with Crippen molar-refractivity contribution in [2.75, 3.05) is 19.0 Å². The van der Waals surface area contributed by atoms with Gasteiger partial charge < -0.3 is 15.4 Å². The highest BCUT2D eigenvalue weighted by Crippen LogP contribution is 2.22. The van der Waals surface area contributed by atoms with Gasteiger partial charge in [-0.3, -0.25) is 9.59 Å². The first kappa shape index (κ1) is 16.5. The lowest BCUT2D eigenvalue weighted by Gasteiger charge is -2.10. The molecule has 0 saturated carbocycles. The molecule has 0 unspecified atom stereocenters. The van der Waals surface area contributed by atoms with Gasteiger partial charge in [0.2, 0.25) is 11.8 Å². The number of carbonyl (C=O) groups is 2. The molecule has 2 aromatic rings. The van der Waals surface area contributed by atoms with Crippen molar-refractivity contribution in [1.29, 1.82) is 0 Å². The van der Waals surface area contributed by atoms with Crippen molar-refractivity contribution in [2.24, 2.45) is 0 Å². The first-order valence-electron chi connectivity index (χ1n) is 7.42. The number of ether oxygens (including phenoxy) is 1. The summed E-state index contributed by atoms with van der Waals surface area (Å²) in [5.41, 5.74) is 1.57. The number of anilines is 1. The van der Waals surface area contributed by atoms with Crippen LogP contribution in [0.5, 0.6) is 5.75 Å². The van der Waals surface area contributed by atoms with E-state index in [1.165, 1.54) is 0 Å². The molecule has 2 aromatic carbocycles. The Morgan fingerprint density at radius 3 is 2.39 bits per heavy atom. The Morgan fingerprint density at radius 1 is 0.957 bits per heavy atom. The highest BCUT2D eigenvalue weighted by Gasteiger charge is 2.08. The van der Waals surface area contributed by atoms with Crippen molar-refractivity contribution in [3.8, 4) is 5.75 Å². The molecule has 2 N–H and O–H groups in total. The molecule has 120 valence electrons. The number of rotatable bonds is 7. The van der Waals surface area contributed by atoms with Crippen LogP contribution in [0.1, 0.15) is 12.0 Å². The largest absolute Gasteiger partial charge is 0.495 e. The van der Waals surface area contributed by atoms with Gasteiger partial charge in [0.1, 0.15) is 5.75 Å². The van der Waals surface area contributed by atoms with Crippen LogP contribution in [0.3, 0.4) is 0 Å².